The van der Waals surface area contributed by atoms with Crippen molar-refractivity contribution in [3.8, 4) is 0 Å². The zero-order chi connectivity index (χ0) is 15.0. The molecule has 1 aromatic rings. The van der Waals surface area contributed by atoms with Crippen LogP contribution in [0, 0.1) is 11.8 Å². The minimum absolute atomic E-state index is 0.0296. The Morgan fingerprint density at radius 3 is 2.86 bits per heavy atom. The lowest BCUT2D eigenvalue weighted by molar-refractivity contribution is -0.124. The molecule has 112 valence electrons. The predicted octanol–water partition coefficient (Wildman–Crippen LogP) is 1.36. The first-order valence-corrected chi connectivity index (χ1v) is 8.39. The van der Waals surface area contributed by atoms with E-state index in [1.807, 2.05) is 6.92 Å². The molecule has 0 radical (unpaired) electrons. The van der Waals surface area contributed by atoms with Gasteiger partial charge in [0.05, 0.1) is 12.2 Å². The Morgan fingerprint density at radius 2 is 2.14 bits per heavy atom. The van der Waals surface area contributed by atoms with E-state index in [9.17, 15) is 13.2 Å². The fraction of sp³-hybridized carbons (Fsp3) is 0.429. The average molecular weight is 307 g/mol. The quantitative estimate of drug-likeness (QED) is 0.879. The van der Waals surface area contributed by atoms with Crippen LogP contribution >= 0.6 is 0 Å². The summed E-state index contributed by atoms with van der Waals surface area (Å²) in [6.07, 6.45) is 2.19. The lowest BCUT2D eigenvalue weighted by Gasteiger charge is -2.19. The van der Waals surface area contributed by atoms with E-state index in [2.05, 4.69) is 15.0 Å². The third kappa shape index (κ3) is 2.92. The summed E-state index contributed by atoms with van der Waals surface area (Å²) in [7, 11) is -3.69. The van der Waals surface area contributed by atoms with E-state index in [0.29, 0.717) is 11.6 Å². The van der Waals surface area contributed by atoms with Crippen LogP contribution in [0.3, 0.4) is 0 Å². The lowest BCUT2D eigenvalue weighted by Crippen LogP contribution is -2.38. The molecule has 1 aliphatic carbocycles. The van der Waals surface area contributed by atoms with Crippen molar-refractivity contribution in [2.24, 2.45) is 16.2 Å². The molecule has 0 spiro atoms. The number of fused-ring (bicyclic) bond motifs is 1. The maximum Gasteiger partial charge on any atom is 0.286 e. The van der Waals surface area contributed by atoms with E-state index in [-0.39, 0.29) is 29.1 Å². The molecule has 1 amide bonds. The van der Waals surface area contributed by atoms with Crippen molar-refractivity contribution >= 4 is 27.5 Å². The van der Waals surface area contributed by atoms with Gasteiger partial charge in [0.15, 0.2) is 0 Å². The first kappa shape index (κ1) is 14.1. The average Bonchev–Trinajstić information content (AvgIpc) is 3.28. The van der Waals surface area contributed by atoms with Gasteiger partial charge in [-0.1, -0.05) is 19.1 Å². The topological polar surface area (TPSA) is 87.6 Å². The molecule has 1 atom stereocenters. The molecule has 2 aliphatic rings. The first-order valence-electron chi connectivity index (χ1n) is 6.95. The molecular formula is C14H17N3O3S. The van der Waals surface area contributed by atoms with Gasteiger partial charge in [-0.15, -0.1) is 4.40 Å². The second-order valence-electron chi connectivity index (χ2n) is 5.48. The molecule has 0 bridgehead atoms. The molecule has 1 fully saturated rings. The second-order valence-corrected chi connectivity index (χ2v) is 7.05. The van der Waals surface area contributed by atoms with Gasteiger partial charge < -0.3 is 10.6 Å². The Bertz CT molecular complexity index is 708. The normalized spacial score (nSPS) is 20.7. The predicted molar refractivity (Wildman–Crippen MR) is 79.6 cm³/mol. The Morgan fingerprint density at radius 1 is 1.43 bits per heavy atom. The summed E-state index contributed by atoms with van der Waals surface area (Å²) in [6, 6.07) is 6.58. The van der Waals surface area contributed by atoms with Gasteiger partial charge in [0, 0.05) is 5.92 Å². The van der Waals surface area contributed by atoms with E-state index >= 15 is 0 Å². The van der Waals surface area contributed by atoms with Crippen LogP contribution in [0.1, 0.15) is 19.8 Å². The summed E-state index contributed by atoms with van der Waals surface area (Å²) in [6.45, 7) is 1.98. The van der Waals surface area contributed by atoms with Crippen molar-refractivity contribution in [2.75, 3.05) is 11.9 Å². The van der Waals surface area contributed by atoms with Gasteiger partial charge in [-0.25, -0.2) is 0 Å². The van der Waals surface area contributed by atoms with E-state index in [4.69, 9.17) is 0 Å². The van der Waals surface area contributed by atoms with Crippen LogP contribution in [0.2, 0.25) is 0 Å². The number of rotatable bonds is 4. The molecule has 1 saturated carbocycles. The van der Waals surface area contributed by atoms with Crippen molar-refractivity contribution in [2.45, 2.75) is 24.7 Å². The number of hydrogen-bond donors (Lipinski definition) is 2. The molecule has 3 rings (SSSR count). The first-order chi connectivity index (χ1) is 9.97. The van der Waals surface area contributed by atoms with Crippen LogP contribution in [-0.4, -0.2) is 26.7 Å². The number of carbonyl (C=O) groups is 1. The Balaban J connectivity index is 1.70. The lowest BCUT2D eigenvalue weighted by atomic mass is 10.1. The van der Waals surface area contributed by atoms with E-state index in [0.717, 1.165) is 12.8 Å². The fourth-order valence-corrected chi connectivity index (χ4v) is 3.53. The minimum Gasteiger partial charge on any atom is -0.349 e. The van der Waals surface area contributed by atoms with Gasteiger partial charge in [-0.3, -0.25) is 4.79 Å². The molecule has 0 saturated heterocycles. The summed E-state index contributed by atoms with van der Waals surface area (Å²) in [4.78, 5) is 12.1. The third-order valence-corrected chi connectivity index (χ3v) is 5.22. The number of amidine groups is 1. The van der Waals surface area contributed by atoms with Crippen molar-refractivity contribution in [1.29, 1.82) is 0 Å². The molecule has 21 heavy (non-hydrogen) atoms. The highest BCUT2D eigenvalue weighted by Gasteiger charge is 2.32. The smallest absolute Gasteiger partial charge is 0.286 e. The van der Waals surface area contributed by atoms with Crippen LogP contribution in [0.15, 0.2) is 33.6 Å². The number of benzene rings is 1. The van der Waals surface area contributed by atoms with Crippen LogP contribution in [0.4, 0.5) is 5.69 Å². The minimum atomic E-state index is -3.69. The summed E-state index contributed by atoms with van der Waals surface area (Å²) in [5.74, 6) is 0.622. The monoisotopic (exact) mass is 307 g/mol. The number of sulfonamides is 1. The van der Waals surface area contributed by atoms with Gasteiger partial charge >= 0.3 is 0 Å². The zero-order valence-corrected chi connectivity index (χ0v) is 12.5. The maximum absolute atomic E-state index is 12.0. The highest BCUT2D eigenvalue weighted by atomic mass is 32.2. The summed E-state index contributed by atoms with van der Waals surface area (Å²) < 4.78 is 27.8. The van der Waals surface area contributed by atoms with Crippen LogP contribution in [0.25, 0.3) is 0 Å². The van der Waals surface area contributed by atoms with Crippen LogP contribution in [0.5, 0.6) is 0 Å². The Kier molecular flexibility index (Phi) is 3.44. The molecule has 1 heterocycles. The van der Waals surface area contributed by atoms with E-state index in [1.54, 1.807) is 18.2 Å². The van der Waals surface area contributed by atoms with Crippen molar-refractivity contribution in [1.82, 2.24) is 5.32 Å². The van der Waals surface area contributed by atoms with E-state index in [1.165, 1.54) is 6.07 Å². The molecular weight excluding hydrogens is 290 g/mol. The SMILES string of the molecule is CC(C(=O)NCC1=NS(=O)(=O)c2ccccc2N1)C1CC1. The number of amides is 1. The molecule has 2 N–H and O–H groups in total. The number of nitrogens with one attached hydrogen (secondary N) is 2. The Labute approximate surface area is 123 Å². The Hall–Kier alpha value is -1.89. The highest BCUT2D eigenvalue weighted by molar-refractivity contribution is 7.90. The third-order valence-electron chi connectivity index (χ3n) is 3.85. The molecule has 1 aliphatic heterocycles. The molecule has 6 nitrogen and oxygen atoms in total. The van der Waals surface area contributed by atoms with Crippen molar-refractivity contribution in [3.63, 3.8) is 0 Å². The number of anilines is 1. The van der Waals surface area contributed by atoms with Gasteiger partial charge in [-0.05, 0) is 30.9 Å². The van der Waals surface area contributed by atoms with Crippen LogP contribution < -0.4 is 10.6 Å². The molecule has 1 aromatic carbocycles. The zero-order valence-electron chi connectivity index (χ0n) is 11.7. The highest BCUT2D eigenvalue weighted by Crippen LogP contribution is 2.36. The van der Waals surface area contributed by atoms with Gasteiger partial charge in [-0.2, -0.15) is 8.42 Å². The molecule has 1 unspecified atom stereocenters. The van der Waals surface area contributed by atoms with Gasteiger partial charge in [0.25, 0.3) is 10.0 Å². The number of hydrogen-bond acceptors (Lipinski definition) is 4. The standard InChI is InChI=1S/C14H17N3O3S/c1-9(10-6-7-10)14(18)15-8-13-16-11-4-2-3-5-12(11)21(19,20)17-13/h2-5,9-10H,6-8H2,1H3,(H,15,18)(H,16,17). The van der Waals surface area contributed by atoms with Gasteiger partial charge in [0.1, 0.15) is 10.7 Å². The molecule has 0 aromatic heterocycles. The summed E-state index contributed by atoms with van der Waals surface area (Å²) in [5.41, 5.74) is 0.493. The summed E-state index contributed by atoms with van der Waals surface area (Å²) >= 11 is 0. The number of nitrogens with zero attached hydrogens (tertiary/aromatic N) is 1. The maximum atomic E-state index is 12.0. The summed E-state index contributed by atoms with van der Waals surface area (Å²) in [5, 5.41) is 5.69. The van der Waals surface area contributed by atoms with Crippen molar-refractivity contribution in [3.05, 3.63) is 24.3 Å². The second kappa shape index (κ2) is 5.14. The molecule has 7 heteroatoms. The number of para-hydroxylation sites is 1. The van der Waals surface area contributed by atoms with E-state index < -0.39 is 10.0 Å². The van der Waals surface area contributed by atoms with Gasteiger partial charge in [0.2, 0.25) is 5.91 Å². The fourth-order valence-electron chi connectivity index (χ4n) is 2.39. The largest absolute Gasteiger partial charge is 0.349 e. The van der Waals surface area contributed by atoms with Crippen LogP contribution in [-0.2, 0) is 14.8 Å². The van der Waals surface area contributed by atoms with Crippen molar-refractivity contribution < 1.29 is 13.2 Å². The number of carbonyl (C=O) groups excluding carboxylic acids is 1.